The van der Waals surface area contributed by atoms with Crippen molar-refractivity contribution < 1.29 is 9.32 Å². The molecule has 0 spiro atoms. The van der Waals surface area contributed by atoms with Crippen molar-refractivity contribution in [3.05, 3.63) is 46.0 Å². The molecule has 6 heteroatoms. The second kappa shape index (κ2) is 4.06. The largest absolute Gasteiger partial charge is 0.361 e. The van der Waals surface area contributed by atoms with Crippen LogP contribution in [0.4, 0.5) is 0 Å². The molecule has 90 valence electrons. The maximum Gasteiger partial charge on any atom is 0.217 e. The van der Waals surface area contributed by atoms with Crippen LogP contribution in [0.2, 0.25) is 0 Å². The molecule has 3 aromatic heterocycles. The van der Waals surface area contributed by atoms with Crippen LogP contribution >= 0.6 is 15.9 Å². The number of pyridine rings is 1. The van der Waals surface area contributed by atoms with E-state index in [1.165, 1.54) is 0 Å². The average Bonchev–Trinajstić information content (AvgIpc) is 2.94. The number of fused-ring (bicyclic) bond motifs is 1. The zero-order valence-electron chi connectivity index (χ0n) is 9.40. The lowest BCUT2D eigenvalue weighted by Gasteiger charge is -1.95. The van der Waals surface area contributed by atoms with Gasteiger partial charge in [0.15, 0.2) is 5.69 Å². The van der Waals surface area contributed by atoms with E-state index in [0.717, 1.165) is 9.86 Å². The molecule has 0 atom stereocenters. The zero-order chi connectivity index (χ0) is 12.7. The minimum atomic E-state index is -0.182. The number of H-pyrrole nitrogens is 1. The maximum atomic E-state index is 12.3. The van der Waals surface area contributed by atoms with E-state index in [1.807, 2.05) is 6.07 Å². The van der Waals surface area contributed by atoms with Crippen molar-refractivity contribution in [1.29, 1.82) is 0 Å². The molecule has 5 nitrogen and oxygen atoms in total. The molecule has 0 aromatic carbocycles. The number of ketones is 1. The summed E-state index contributed by atoms with van der Waals surface area (Å²) in [5, 5.41) is 4.49. The lowest BCUT2D eigenvalue weighted by atomic mass is 10.1. The average molecular weight is 306 g/mol. The summed E-state index contributed by atoms with van der Waals surface area (Å²) in [6.07, 6.45) is 3.31. The Labute approximate surface area is 110 Å². The molecule has 18 heavy (non-hydrogen) atoms. The van der Waals surface area contributed by atoms with Crippen LogP contribution in [-0.2, 0) is 0 Å². The summed E-state index contributed by atoms with van der Waals surface area (Å²) in [5.74, 6) is 0.426. The first-order chi connectivity index (χ1) is 8.65. The van der Waals surface area contributed by atoms with E-state index in [-0.39, 0.29) is 5.78 Å². The molecule has 0 aliphatic carbocycles. The molecule has 0 aliphatic rings. The zero-order valence-corrected chi connectivity index (χ0v) is 11.0. The number of aryl methyl sites for hydroxylation is 1. The van der Waals surface area contributed by atoms with E-state index in [9.17, 15) is 4.79 Å². The molecule has 0 radical (unpaired) electrons. The van der Waals surface area contributed by atoms with Crippen LogP contribution in [0.25, 0.3) is 11.0 Å². The normalized spacial score (nSPS) is 11.0. The summed E-state index contributed by atoms with van der Waals surface area (Å²) < 4.78 is 5.73. The van der Waals surface area contributed by atoms with Crippen molar-refractivity contribution in [2.24, 2.45) is 0 Å². The van der Waals surface area contributed by atoms with Crippen LogP contribution in [0.1, 0.15) is 21.8 Å². The van der Waals surface area contributed by atoms with Gasteiger partial charge < -0.3 is 9.51 Å². The van der Waals surface area contributed by atoms with Crippen LogP contribution in [0, 0.1) is 6.92 Å². The number of hydrogen-bond donors (Lipinski definition) is 1. The minimum absolute atomic E-state index is 0.182. The van der Waals surface area contributed by atoms with E-state index in [2.05, 4.69) is 31.1 Å². The Kier molecular flexibility index (Phi) is 2.52. The van der Waals surface area contributed by atoms with Crippen LogP contribution < -0.4 is 0 Å². The van der Waals surface area contributed by atoms with Gasteiger partial charge in [0.05, 0.1) is 5.56 Å². The summed E-state index contributed by atoms with van der Waals surface area (Å²) in [6.45, 7) is 1.75. The molecular weight excluding hydrogens is 298 g/mol. The molecule has 3 aromatic rings. The van der Waals surface area contributed by atoms with E-state index >= 15 is 0 Å². The predicted octanol–water partition coefficient (Wildman–Crippen LogP) is 2.85. The summed E-state index contributed by atoms with van der Waals surface area (Å²) in [4.78, 5) is 19.4. The molecule has 0 saturated heterocycles. The van der Waals surface area contributed by atoms with Crippen LogP contribution in [0.5, 0.6) is 0 Å². The first kappa shape index (κ1) is 11.2. The van der Waals surface area contributed by atoms with Gasteiger partial charge in [0.2, 0.25) is 5.78 Å². The van der Waals surface area contributed by atoms with Crippen molar-refractivity contribution in [2.75, 3.05) is 0 Å². The first-order valence-electron chi connectivity index (χ1n) is 5.26. The highest BCUT2D eigenvalue weighted by molar-refractivity contribution is 9.10. The molecule has 0 aliphatic heterocycles. The fraction of sp³-hybridized carbons (Fsp3) is 0.0833. The van der Waals surface area contributed by atoms with Gasteiger partial charge in [0, 0.05) is 28.3 Å². The van der Waals surface area contributed by atoms with E-state index in [0.29, 0.717) is 22.7 Å². The number of aromatic nitrogens is 3. The lowest BCUT2D eigenvalue weighted by Crippen LogP contribution is -2.00. The van der Waals surface area contributed by atoms with Gasteiger partial charge in [-0.05, 0) is 28.9 Å². The van der Waals surface area contributed by atoms with Crippen molar-refractivity contribution in [3.63, 3.8) is 0 Å². The number of aromatic amines is 1. The van der Waals surface area contributed by atoms with Gasteiger partial charge in [-0.15, -0.1) is 0 Å². The fourth-order valence-electron chi connectivity index (χ4n) is 1.78. The van der Waals surface area contributed by atoms with Crippen molar-refractivity contribution >= 4 is 32.7 Å². The third kappa shape index (κ3) is 1.74. The lowest BCUT2D eigenvalue weighted by molar-refractivity contribution is 0.103. The van der Waals surface area contributed by atoms with Gasteiger partial charge in [0.1, 0.15) is 11.4 Å². The number of carbonyl (C=O) groups excluding carboxylic acids is 1. The molecule has 0 fully saturated rings. The number of carbonyl (C=O) groups is 1. The van der Waals surface area contributed by atoms with E-state index < -0.39 is 0 Å². The number of hydrogen-bond acceptors (Lipinski definition) is 4. The Morgan fingerprint density at radius 3 is 3.00 bits per heavy atom. The highest BCUT2D eigenvalue weighted by Gasteiger charge is 2.18. The third-order valence-corrected chi connectivity index (χ3v) is 3.04. The van der Waals surface area contributed by atoms with Gasteiger partial charge in [-0.3, -0.25) is 4.79 Å². The number of nitrogens with one attached hydrogen (secondary N) is 1. The number of rotatable bonds is 2. The molecule has 0 unspecified atom stereocenters. The van der Waals surface area contributed by atoms with Gasteiger partial charge in [-0.25, -0.2) is 4.98 Å². The summed E-state index contributed by atoms with van der Waals surface area (Å²) >= 11 is 3.34. The van der Waals surface area contributed by atoms with Crippen LogP contribution in [0.3, 0.4) is 0 Å². The van der Waals surface area contributed by atoms with Gasteiger partial charge in [0.25, 0.3) is 0 Å². The Morgan fingerprint density at radius 1 is 1.44 bits per heavy atom. The Balaban J connectivity index is 2.14. The van der Waals surface area contributed by atoms with Gasteiger partial charge in [-0.2, -0.15) is 0 Å². The standard InChI is InChI=1S/C12H8BrN3O2/c1-6-2-10(16-18-6)11(17)9-5-15-12-8(9)3-7(13)4-14-12/h2-5H,1H3,(H,14,15). The highest BCUT2D eigenvalue weighted by Crippen LogP contribution is 2.22. The van der Waals surface area contributed by atoms with Crippen LogP contribution in [-0.4, -0.2) is 20.9 Å². The van der Waals surface area contributed by atoms with E-state index in [4.69, 9.17) is 4.52 Å². The third-order valence-electron chi connectivity index (χ3n) is 2.60. The first-order valence-corrected chi connectivity index (χ1v) is 6.05. The Hall–Kier alpha value is -1.95. The molecule has 0 bridgehead atoms. The van der Waals surface area contributed by atoms with Crippen molar-refractivity contribution in [1.82, 2.24) is 15.1 Å². The van der Waals surface area contributed by atoms with Crippen molar-refractivity contribution in [3.8, 4) is 0 Å². The van der Waals surface area contributed by atoms with Gasteiger partial charge in [-0.1, -0.05) is 5.16 Å². The molecule has 0 saturated carbocycles. The number of nitrogens with zero attached hydrogens (tertiary/aromatic N) is 2. The Bertz CT molecular complexity index is 745. The summed E-state index contributed by atoms with van der Waals surface area (Å²) in [5.41, 5.74) is 1.50. The molecule has 0 amide bonds. The second-order valence-corrected chi connectivity index (χ2v) is 4.82. The summed E-state index contributed by atoms with van der Waals surface area (Å²) in [7, 11) is 0. The topological polar surface area (TPSA) is 71.8 Å². The molecule has 3 rings (SSSR count). The molecule has 3 heterocycles. The van der Waals surface area contributed by atoms with Crippen LogP contribution in [0.15, 0.2) is 33.5 Å². The maximum absolute atomic E-state index is 12.3. The molecule has 1 N–H and O–H groups in total. The Morgan fingerprint density at radius 2 is 2.28 bits per heavy atom. The minimum Gasteiger partial charge on any atom is -0.361 e. The predicted molar refractivity (Wildman–Crippen MR) is 68.5 cm³/mol. The monoisotopic (exact) mass is 305 g/mol. The fourth-order valence-corrected chi connectivity index (χ4v) is 2.11. The summed E-state index contributed by atoms with van der Waals surface area (Å²) in [6, 6.07) is 3.46. The number of halogens is 1. The smallest absolute Gasteiger partial charge is 0.217 e. The second-order valence-electron chi connectivity index (χ2n) is 3.90. The van der Waals surface area contributed by atoms with E-state index in [1.54, 1.807) is 25.4 Å². The quantitative estimate of drug-likeness (QED) is 0.739. The highest BCUT2D eigenvalue weighted by atomic mass is 79.9. The SMILES string of the molecule is Cc1cc(C(=O)c2c[nH]c3ncc(Br)cc23)no1. The van der Waals surface area contributed by atoms with Crippen molar-refractivity contribution in [2.45, 2.75) is 6.92 Å². The van der Waals surface area contributed by atoms with Gasteiger partial charge >= 0.3 is 0 Å². The molecular formula is C12H8BrN3O2.